The van der Waals surface area contributed by atoms with Crippen LogP contribution in [-0.2, 0) is 15.1 Å². The van der Waals surface area contributed by atoms with Crippen LogP contribution in [0.5, 0.6) is 0 Å². The van der Waals surface area contributed by atoms with Crippen LogP contribution in [0.15, 0.2) is 0 Å². The number of urea groups is 1. The molecule has 0 aromatic heterocycles. The first-order valence-electron chi connectivity index (χ1n) is 7.48. The second-order valence-corrected chi connectivity index (χ2v) is 7.22. The Bertz CT molecular complexity index is 572. The summed E-state index contributed by atoms with van der Waals surface area (Å²) in [6.45, 7) is 2.08. The molecule has 0 unspecified atom stereocenters. The highest BCUT2D eigenvalue weighted by Crippen LogP contribution is 2.35. The molecule has 0 aromatic carbocycles. The van der Waals surface area contributed by atoms with Crippen molar-refractivity contribution >= 4 is 22.2 Å². The molecule has 3 heterocycles. The van der Waals surface area contributed by atoms with E-state index in [1.165, 1.54) is 4.90 Å². The molecular formula is C12H20N4O5S. The third-order valence-corrected chi connectivity index (χ3v) is 5.50. The van der Waals surface area contributed by atoms with E-state index < -0.39 is 28.3 Å². The number of hydrogen-bond acceptors (Lipinski definition) is 5. The minimum absolute atomic E-state index is 0.0643. The van der Waals surface area contributed by atoms with Crippen LogP contribution in [-0.4, -0.2) is 71.9 Å². The lowest BCUT2D eigenvalue weighted by molar-refractivity contribution is -0.143. The summed E-state index contributed by atoms with van der Waals surface area (Å²) in [7, 11) is -4.53. The summed E-state index contributed by atoms with van der Waals surface area (Å²) in [4.78, 5) is 25.6. The van der Waals surface area contributed by atoms with Crippen LogP contribution in [0, 0.1) is 0 Å². The highest BCUT2D eigenvalue weighted by Gasteiger charge is 2.60. The lowest BCUT2D eigenvalue weighted by Gasteiger charge is -2.42. The van der Waals surface area contributed by atoms with Crippen molar-refractivity contribution in [2.24, 2.45) is 0 Å². The van der Waals surface area contributed by atoms with Gasteiger partial charge >= 0.3 is 16.3 Å². The quantitative estimate of drug-likeness (QED) is 0.437. The van der Waals surface area contributed by atoms with E-state index >= 15 is 0 Å². The van der Waals surface area contributed by atoms with Crippen molar-refractivity contribution in [3.05, 3.63) is 0 Å². The van der Waals surface area contributed by atoms with Gasteiger partial charge < -0.3 is 15.5 Å². The van der Waals surface area contributed by atoms with Gasteiger partial charge in [-0.3, -0.25) is 9.35 Å². The number of nitrogens with one attached hydrogen (secondary N) is 2. The topological polar surface area (TPSA) is 119 Å². The number of fused-ring (bicyclic) bond motifs is 1. The highest BCUT2D eigenvalue weighted by atomic mass is 32.2. The molecule has 0 spiro atoms. The van der Waals surface area contributed by atoms with Gasteiger partial charge in [0, 0.05) is 12.6 Å². The van der Waals surface area contributed by atoms with Crippen LogP contribution in [0.1, 0.15) is 25.7 Å². The van der Waals surface area contributed by atoms with E-state index in [4.69, 9.17) is 4.55 Å². The van der Waals surface area contributed by atoms with Gasteiger partial charge in [-0.25, -0.2) is 9.10 Å². The van der Waals surface area contributed by atoms with Gasteiger partial charge in [-0.05, 0) is 38.8 Å². The Morgan fingerprint density at radius 3 is 2.77 bits per heavy atom. The lowest BCUT2D eigenvalue weighted by Crippen LogP contribution is -2.69. The van der Waals surface area contributed by atoms with Gasteiger partial charge in [-0.1, -0.05) is 0 Å². The number of carbonyl (C=O) groups excluding carboxylic acids is 2. The maximum atomic E-state index is 12.3. The van der Waals surface area contributed by atoms with Crippen LogP contribution < -0.4 is 10.6 Å². The monoisotopic (exact) mass is 332 g/mol. The predicted octanol–water partition coefficient (Wildman–Crippen LogP) is -1.07. The van der Waals surface area contributed by atoms with E-state index in [1.54, 1.807) is 0 Å². The summed E-state index contributed by atoms with van der Waals surface area (Å²) in [6.07, 6.45) is 3.05. The fourth-order valence-corrected chi connectivity index (χ4v) is 4.36. The molecular weight excluding hydrogens is 312 g/mol. The van der Waals surface area contributed by atoms with Crippen molar-refractivity contribution < 1.29 is 22.6 Å². The van der Waals surface area contributed by atoms with Gasteiger partial charge in [-0.15, -0.1) is 0 Å². The zero-order valence-electron chi connectivity index (χ0n) is 12.1. The minimum atomic E-state index is -4.53. The van der Waals surface area contributed by atoms with E-state index in [2.05, 4.69) is 10.6 Å². The van der Waals surface area contributed by atoms with Crippen LogP contribution in [0.2, 0.25) is 0 Å². The molecule has 0 bridgehead atoms. The third kappa shape index (κ3) is 2.66. The van der Waals surface area contributed by atoms with Crippen LogP contribution >= 0.6 is 0 Å². The van der Waals surface area contributed by atoms with Crippen molar-refractivity contribution in [1.29, 1.82) is 0 Å². The Morgan fingerprint density at radius 1 is 1.27 bits per heavy atom. The van der Waals surface area contributed by atoms with Gasteiger partial charge in [0.1, 0.15) is 6.04 Å². The Labute approximate surface area is 128 Å². The number of β-lactam (4-membered cyclic amide) rings is 1. The van der Waals surface area contributed by atoms with Crippen molar-refractivity contribution in [2.45, 2.75) is 43.8 Å². The van der Waals surface area contributed by atoms with Crippen molar-refractivity contribution in [3.8, 4) is 0 Å². The molecule has 3 aliphatic heterocycles. The SMILES string of the molecule is O=C(N[C@@H]1CCCNCC1)N1CC[C@@H]2[C@H]1C(=O)N2S(=O)(=O)O. The summed E-state index contributed by atoms with van der Waals surface area (Å²) in [5, 5.41) is 6.18. The molecule has 3 aliphatic rings. The molecule has 0 aliphatic carbocycles. The molecule has 0 saturated carbocycles. The molecule has 3 fully saturated rings. The number of amides is 3. The fourth-order valence-electron chi connectivity index (χ4n) is 3.46. The largest absolute Gasteiger partial charge is 0.362 e. The Balaban J connectivity index is 1.62. The van der Waals surface area contributed by atoms with Crippen LogP contribution in [0.25, 0.3) is 0 Å². The average Bonchev–Trinajstić information content (AvgIpc) is 2.60. The molecule has 0 aromatic rings. The number of hydrogen-bond donors (Lipinski definition) is 3. The molecule has 3 saturated heterocycles. The van der Waals surface area contributed by atoms with Gasteiger partial charge in [-0.2, -0.15) is 8.42 Å². The summed E-state index contributed by atoms with van der Waals surface area (Å²) >= 11 is 0. The van der Waals surface area contributed by atoms with Gasteiger partial charge in [0.05, 0.1) is 6.04 Å². The second-order valence-electron chi connectivity index (χ2n) is 5.93. The molecule has 9 nitrogen and oxygen atoms in total. The van der Waals surface area contributed by atoms with Crippen LogP contribution in [0.3, 0.4) is 0 Å². The van der Waals surface area contributed by atoms with E-state index in [1.807, 2.05) is 0 Å². The summed E-state index contributed by atoms with van der Waals surface area (Å²) in [6, 6.07) is -1.67. The first-order valence-corrected chi connectivity index (χ1v) is 8.88. The van der Waals surface area contributed by atoms with E-state index in [9.17, 15) is 18.0 Å². The molecule has 3 amide bonds. The molecule has 0 radical (unpaired) electrons. The van der Waals surface area contributed by atoms with Crippen molar-refractivity contribution in [3.63, 3.8) is 0 Å². The predicted molar refractivity (Wildman–Crippen MR) is 76.3 cm³/mol. The number of rotatable bonds is 2. The minimum Gasteiger partial charge on any atom is -0.335 e. The van der Waals surface area contributed by atoms with Gasteiger partial charge in [0.15, 0.2) is 0 Å². The Hall–Kier alpha value is -1.39. The fraction of sp³-hybridized carbons (Fsp3) is 0.833. The summed E-state index contributed by atoms with van der Waals surface area (Å²) in [5.41, 5.74) is 0. The Kier molecular flexibility index (Phi) is 4.00. The molecule has 124 valence electrons. The zero-order chi connectivity index (χ0) is 15.9. The van der Waals surface area contributed by atoms with Crippen LogP contribution in [0.4, 0.5) is 4.79 Å². The normalized spacial score (nSPS) is 32.2. The van der Waals surface area contributed by atoms with Crippen molar-refractivity contribution in [2.75, 3.05) is 19.6 Å². The molecule has 10 heteroatoms. The number of likely N-dealkylation sites (tertiary alicyclic amines) is 1. The lowest BCUT2D eigenvalue weighted by atomic mass is 10.0. The zero-order valence-corrected chi connectivity index (χ0v) is 12.9. The number of nitrogens with zero attached hydrogens (tertiary/aromatic N) is 2. The van der Waals surface area contributed by atoms with E-state index in [0.717, 1.165) is 32.4 Å². The Morgan fingerprint density at radius 2 is 2.05 bits per heavy atom. The maximum absolute atomic E-state index is 12.3. The highest BCUT2D eigenvalue weighted by molar-refractivity contribution is 7.84. The van der Waals surface area contributed by atoms with Crippen molar-refractivity contribution in [1.82, 2.24) is 19.8 Å². The third-order valence-electron chi connectivity index (χ3n) is 4.55. The standard InChI is InChI=1S/C12H20N4O5S/c17-11-10-9(16(11)22(19,20)21)4-7-15(10)12(18)14-8-2-1-5-13-6-3-8/h8-10,13H,1-7H2,(H,14,18)(H,19,20,21)/t8-,9-,10+/m1/s1. The van der Waals surface area contributed by atoms with Gasteiger partial charge in [0.2, 0.25) is 0 Å². The van der Waals surface area contributed by atoms with E-state index in [-0.39, 0.29) is 12.1 Å². The first kappa shape index (κ1) is 15.5. The molecule has 3 atom stereocenters. The maximum Gasteiger partial charge on any atom is 0.362 e. The average molecular weight is 332 g/mol. The van der Waals surface area contributed by atoms with E-state index in [0.29, 0.717) is 17.3 Å². The summed E-state index contributed by atoms with van der Waals surface area (Å²) < 4.78 is 31.8. The molecule has 3 rings (SSSR count). The van der Waals surface area contributed by atoms with Gasteiger partial charge in [0.25, 0.3) is 5.91 Å². The molecule has 3 N–H and O–H groups in total. The number of carbonyl (C=O) groups is 2. The smallest absolute Gasteiger partial charge is 0.335 e. The summed E-state index contributed by atoms with van der Waals surface area (Å²) in [5.74, 6) is -0.734. The molecule has 22 heavy (non-hydrogen) atoms. The first-order chi connectivity index (χ1) is 10.4. The second kappa shape index (κ2) is 5.67.